The minimum absolute atomic E-state index is 0.0157. The highest BCUT2D eigenvalue weighted by atomic mass is 31.2. The highest BCUT2D eigenvalue weighted by Crippen LogP contribution is 2.48. The average molecular weight is 250 g/mol. The van der Waals surface area contributed by atoms with E-state index in [1.807, 2.05) is 25.7 Å². The maximum atomic E-state index is 12.5. The molecule has 0 N–H and O–H groups in total. The van der Waals surface area contributed by atoms with E-state index in [0.717, 1.165) is 0 Å². The molecule has 0 saturated carbocycles. The zero-order valence-corrected chi connectivity index (χ0v) is 11.7. The SMILES string of the molecule is COCC1CN(P(C)(=O)N(C)C)CC(C)O1. The third-order valence-corrected chi connectivity index (χ3v) is 5.79. The van der Waals surface area contributed by atoms with Crippen LogP contribution in [-0.4, -0.2) is 69.1 Å². The summed E-state index contributed by atoms with van der Waals surface area (Å²) in [6.45, 7) is 5.74. The lowest BCUT2D eigenvalue weighted by atomic mass is 10.2. The first-order valence-corrected chi connectivity index (χ1v) is 7.59. The van der Waals surface area contributed by atoms with Crippen LogP contribution in [-0.2, 0) is 14.0 Å². The van der Waals surface area contributed by atoms with Crippen molar-refractivity contribution in [3.8, 4) is 0 Å². The molecule has 1 fully saturated rings. The molecular weight excluding hydrogens is 227 g/mol. The van der Waals surface area contributed by atoms with Gasteiger partial charge in [0.2, 0.25) is 7.44 Å². The Labute approximate surface area is 98.2 Å². The van der Waals surface area contributed by atoms with Gasteiger partial charge in [0.05, 0.1) is 18.8 Å². The van der Waals surface area contributed by atoms with Gasteiger partial charge in [-0.25, -0.2) is 9.34 Å². The van der Waals surface area contributed by atoms with Gasteiger partial charge in [0.1, 0.15) is 0 Å². The first-order chi connectivity index (χ1) is 7.37. The van der Waals surface area contributed by atoms with Gasteiger partial charge in [-0.15, -0.1) is 0 Å². The minimum atomic E-state index is -2.41. The Balaban J connectivity index is 2.70. The number of rotatable bonds is 4. The van der Waals surface area contributed by atoms with E-state index in [4.69, 9.17) is 9.47 Å². The normalized spacial score (nSPS) is 31.6. The molecule has 0 radical (unpaired) electrons. The Hall–Kier alpha value is 0.0700. The van der Waals surface area contributed by atoms with Gasteiger partial charge in [-0.05, 0) is 21.0 Å². The molecule has 0 spiro atoms. The van der Waals surface area contributed by atoms with Crippen molar-refractivity contribution in [3.63, 3.8) is 0 Å². The second-order valence-corrected chi connectivity index (χ2v) is 7.61. The third kappa shape index (κ3) is 3.28. The van der Waals surface area contributed by atoms with Crippen LogP contribution in [0.5, 0.6) is 0 Å². The number of nitrogens with zero attached hydrogens (tertiary/aromatic N) is 2. The molecular formula is C10H23N2O3P. The Kier molecular flexibility index (Phi) is 4.95. The van der Waals surface area contributed by atoms with Gasteiger partial charge in [-0.1, -0.05) is 0 Å². The summed E-state index contributed by atoms with van der Waals surface area (Å²) >= 11 is 0. The second kappa shape index (κ2) is 5.61. The quantitative estimate of drug-likeness (QED) is 0.699. The molecule has 6 heteroatoms. The molecule has 0 aliphatic carbocycles. The number of ether oxygens (including phenoxy) is 2. The summed E-state index contributed by atoms with van der Waals surface area (Å²) in [5.74, 6) is 0. The lowest BCUT2D eigenvalue weighted by molar-refractivity contribution is -0.0833. The van der Waals surface area contributed by atoms with Crippen LogP contribution in [0.4, 0.5) is 0 Å². The van der Waals surface area contributed by atoms with Crippen molar-refractivity contribution in [1.29, 1.82) is 0 Å². The Morgan fingerprint density at radius 3 is 2.62 bits per heavy atom. The third-order valence-electron chi connectivity index (χ3n) is 2.93. The smallest absolute Gasteiger partial charge is 0.213 e. The molecule has 1 aliphatic rings. The highest BCUT2D eigenvalue weighted by Gasteiger charge is 2.35. The first kappa shape index (κ1) is 14.1. The molecule has 1 rings (SSSR count). The van der Waals surface area contributed by atoms with E-state index in [-0.39, 0.29) is 12.2 Å². The second-order valence-electron chi connectivity index (χ2n) is 4.58. The van der Waals surface area contributed by atoms with Crippen LogP contribution < -0.4 is 0 Å². The van der Waals surface area contributed by atoms with Crippen molar-refractivity contribution < 1.29 is 14.0 Å². The Morgan fingerprint density at radius 1 is 1.50 bits per heavy atom. The van der Waals surface area contributed by atoms with Gasteiger partial charge in [0, 0.05) is 26.9 Å². The molecule has 5 nitrogen and oxygen atoms in total. The van der Waals surface area contributed by atoms with E-state index in [1.165, 1.54) is 0 Å². The molecule has 1 heterocycles. The Bertz CT molecular complexity index is 273. The largest absolute Gasteiger partial charge is 0.382 e. The molecule has 3 atom stereocenters. The van der Waals surface area contributed by atoms with Crippen LogP contribution in [0.25, 0.3) is 0 Å². The highest BCUT2D eigenvalue weighted by molar-refractivity contribution is 7.58. The topological polar surface area (TPSA) is 42.0 Å². The summed E-state index contributed by atoms with van der Waals surface area (Å²) in [4.78, 5) is 0. The van der Waals surface area contributed by atoms with Crippen molar-refractivity contribution in [2.24, 2.45) is 0 Å². The first-order valence-electron chi connectivity index (χ1n) is 5.53. The maximum Gasteiger partial charge on any atom is 0.213 e. The maximum absolute atomic E-state index is 12.5. The van der Waals surface area contributed by atoms with Crippen molar-refractivity contribution >= 4 is 7.44 Å². The van der Waals surface area contributed by atoms with E-state index in [0.29, 0.717) is 19.7 Å². The molecule has 16 heavy (non-hydrogen) atoms. The fourth-order valence-electron chi connectivity index (χ4n) is 1.85. The van der Waals surface area contributed by atoms with Gasteiger partial charge in [0.25, 0.3) is 0 Å². The zero-order valence-electron chi connectivity index (χ0n) is 10.8. The van der Waals surface area contributed by atoms with E-state index in [9.17, 15) is 4.57 Å². The van der Waals surface area contributed by atoms with Gasteiger partial charge in [0.15, 0.2) is 0 Å². The van der Waals surface area contributed by atoms with Crippen LogP contribution in [0.15, 0.2) is 0 Å². The summed E-state index contributed by atoms with van der Waals surface area (Å²) in [6.07, 6.45) is 0.115. The van der Waals surface area contributed by atoms with Gasteiger partial charge >= 0.3 is 0 Å². The lowest BCUT2D eigenvalue weighted by Gasteiger charge is -2.41. The molecule has 1 saturated heterocycles. The summed E-state index contributed by atoms with van der Waals surface area (Å²) < 4.78 is 27.2. The van der Waals surface area contributed by atoms with Gasteiger partial charge in [-0.2, -0.15) is 0 Å². The Morgan fingerprint density at radius 2 is 2.12 bits per heavy atom. The lowest BCUT2D eigenvalue weighted by Crippen LogP contribution is -2.47. The fourth-order valence-corrected chi connectivity index (χ4v) is 3.38. The number of morpholine rings is 1. The van der Waals surface area contributed by atoms with Crippen molar-refractivity contribution in [1.82, 2.24) is 9.34 Å². The molecule has 96 valence electrons. The van der Waals surface area contributed by atoms with Gasteiger partial charge in [-0.3, -0.25) is 4.57 Å². The summed E-state index contributed by atoms with van der Waals surface area (Å²) in [6, 6.07) is 0. The predicted octanol–water partition coefficient (Wildman–Crippen LogP) is 1.11. The number of hydrogen-bond donors (Lipinski definition) is 0. The molecule has 0 aromatic heterocycles. The standard InChI is InChI=1S/C10H23N2O3P/c1-9-6-12(16(5,13)11(2)3)7-10(15-9)8-14-4/h9-10H,6-8H2,1-5H3. The fraction of sp³-hybridized carbons (Fsp3) is 1.00. The van der Waals surface area contributed by atoms with E-state index >= 15 is 0 Å². The van der Waals surface area contributed by atoms with Gasteiger partial charge < -0.3 is 9.47 Å². The monoisotopic (exact) mass is 250 g/mol. The molecule has 0 amide bonds. The summed E-state index contributed by atoms with van der Waals surface area (Å²) in [5, 5.41) is 0. The van der Waals surface area contributed by atoms with E-state index < -0.39 is 7.44 Å². The van der Waals surface area contributed by atoms with Crippen molar-refractivity contribution in [3.05, 3.63) is 0 Å². The predicted molar refractivity (Wildman–Crippen MR) is 65.0 cm³/mol. The molecule has 0 bridgehead atoms. The molecule has 0 aromatic carbocycles. The zero-order chi connectivity index (χ0) is 12.3. The molecule has 3 unspecified atom stereocenters. The van der Waals surface area contributed by atoms with Crippen LogP contribution >= 0.6 is 7.44 Å². The number of methoxy groups -OCH3 is 1. The van der Waals surface area contributed by atoms with Crippen LogP contribution in [0.2, 0.25) is 0 Å². The van der Waals surface area contributed by atoms with E-state index in [2.05, 4.69) is 0 Å². The van der Waals surface area contributed by atoms with E-state index in [1.54, 1.807) is 18.4 Å². The molecule has 0 aromatic rings. The van der Waals surface area contributed by atoms with Crippen molar-refractivity contribution in [2.45, 2.75) is 19.1 Å². The number of hydrogen-bond acceptors (Lipinski definition) is 3. The summed E-state index contributed by atoms with van der Waals surface area (Å²) in [5.41, 5.74) is 0. The average Bonchev–Trinajstić information content (AvgIpc) is 2.17. The summed E-state index contributed by atoms with van der Waals surface area (Å²) in [7, 11) is 2.96. The van der Waals surface area contributed by atoms with Crippen molar-refractivity contribution in [2.75, 3.05) is 47.6 Å². The van der Waals surface area contributed by atoms with Crippen LogP contribution in [0.3, 0.4) is 0 Å². The van der Waals surface area contributed by atoms with Crippen LogP contribution in [0.1, 0.15) is 6.92 Å². The minimum Gasteiger partial charge on any atom is -0.382 e. The van der Waals surface area contributed by atoms with Crippen LogP contribution in [0, 0.1) is 0 Å². The molecule has 1 aliphatic heterocycles.